The molecule has 0 atom stereocenters. The number of nitrogens with zero attached hydrogens (tertiary/aromatic N) is 2. The van der Waals surface area contributed by atoms with Gasteiger partial charge in [-0.15, -0.1) is 0 Å². The Morgan fingerprint density at radius 1 is 1.07 bits per heavy atom. The van der Waals surface area contributed by atoms with Crippen molar-refractivity contribution in [2.45, 2.75) is 27.4 Å². The maximum atomic E-state index is 13.2. The van der Waals surface area contributed by atoms with Gasteiger partial charge in [0.25, 0.3) is 5.91 Å². The van der Waals surface area contributed by atoms with Gasteiger partial charge in [0.05, 0.1) is 22.2 Å². The minimum atomic E-state index is -0.918. The summed E-state index contributed by atoms with van der Waals surface area (Å²) in [7, 11) is 0. The van der Waals surface area contributed by atoms with E-state index >= 15 is 0 Å². The molecule has 0 radical (unpaired) electrons. The van der Waals surface area contributed by atoms with Gasteiger partial charge in [0.2, 0.25) is 5.78 Å². The van der Waals surface area contributed by atoms with Gasteiger partial charge in [-0.05, 0) is 38.5 Å². The van der Waals surface area contributed by atoms with Crippen molar-refractivity contribution in [1.29, 1.82) is 0 Å². The van der Waals surface area contributed by atoms with Crippen molar-refractivity contribution in [3.8, 4) is 0 Å². The fourth-order valence-electron chi connectivity index (χ4n) is 3.93. The largest absolute Gasteiger partial charge is 0.481 e. The maximum absolute atomic E-state index is 13.2. The third-order valence-corrected chi connectivity index (χ3v) is 5.51. The van der Waals surface area contributed by atoms with E-state index in [0.29, 0.717) is 28.2 Å². The van der Waals surface area contributed by atoms with Crippen LogP contribution in [0.25, 0.3) is 11.0 Å². The van der Waals surface area contributed by atoms with E-state index in [1.807, 2.05) is 37.3 Å². The highest BCUT2D eigenvalue weighted by molar-refractivity contribution is 6.34. The molecule has 0 fully saturated rings. The van der Waals surface area contributed by atoms with Crippen LogP contribution in [0.4, 0.5) is 0 Å². The number of hydrogen-bond donors (Lipinski definition) is 1. The average Bonchev–Trinajstić information content (AvgIpc) is 3.20. The van der Waals surface area contributed by atoms with Gasteiger partial charge in [-0.25, -0.2) is 9.98 Å². The smallest absolute Gasteiger partial charge is 0.256 e. The summed E-state index contributed by atoms with van der Waals surface area (Å²) in [6.45, 7) is 5.66. The van der Waals surface area contributed by atoms with Crippen molar-refractivity contribution in [2.24, 2.45) is 10.4 Å². The first-order valence-corrected chi connectivity index (χ1v) is 9.46. The third-order valence-electron chi connectivity index (χ3n) is 5.51. The van der Waals surface area contributed by atoms with Crippen LogP contribution in [0.5, 0.6) is 0 Å². The van der Waals surface area contributed by atoms with E-state index in [1.54, 1.807) is 26.0 Å². The molecule has 1 N–H and O–H groups in total. The molecular formula is C23H19N3O3. The number of Topliss-reactive ketones (excluding diaryl/α,β-unsaturated/α-hetero) is 1. The lowest BCUT2D eigenvalue weighted by Crippen LogP contribution is -2.30. The first-order chi connectivity index (χ1) is 13.9. The lowest BCUT2D eigenvalue weighted by molar-refractivity contribution is -0.123. The van der Waals surface area contributed by atoms with Gasteiger partial charge in [-0.3, -0.25) is 9.59 Å². The van der Waals surface area contributed by atoms with Gasteiger partial charge >= 0.3 is 0 Å². The Kier molecular flexibility index (Phi) is 3.62. The number of aromatic nitrogens is 2. The number of allylic oxidation sites excluding steroid dienone is 1. The van der Waals surface area contributed by atoms with Gasteiger partial charge in [0.15, 0.2) is 5.76 Å². The number of aryl methyl sites for hydroxylation is 1. The van der Waals surface area contributed by atoms with E-state index in [1.165, 1.54) is 0 Å². The second kappa shape index (κ2) is 5.98. The molecule has 1 aliphatic heterocycles. The molecule has 0 unspecified atom stereocenters. The molecule has 2 aliphatic rings. The van der Waals surface area contributed by atoms with Crippen LogP contribution in [0.15, 0.2) is 58.8 Å². The topological polar surface area (TPSA) is 84.4 Å². The molecule has 5 rings (SSSR count). The van der Waals surface area contributed by atoms with E-state index in [9.17, 15) is 9.59 Å². The number of ether oxygens (including phenoxy) is 1. The number of rotatable bonds is 3. The molecule has 0 bridgehead atoms. The summed E-state index contributed by atoms with van der Waals surface area (Å²) in [6, 6.07) is 13.1. The lowest BCUT2D eigenvalue weighted by Gasteiger charge is -2.26. The molecule has 0 spiro atoms. The Hall–Kier alpha value is -3.54. The fraction of sp³-hybridized carbons (Fsp3) is 0.217. The lowest BCUT2D eigenvalue weighted by atomic mass is 9.76. The molecule has 0 saturated heterocycles. The highest BCUT2D eigenvalue weighted by atomic mass is 16.5. The molecule has 3 aromatic rings. The number of benzene rings is 2. The Bertz CT molecular complexity index is 1280. The SMILES string of the molecule is Cc1ccc2nc(COC3=C4C(=NC(=O)C4(C)C)c4ccccc4C3=O)[nH]c2c1. The van der Waals surface area contributed by atoms with Gasteiger partial charge in [-0.1, -0.05) is 30.3 Å². The molecule has 2 aromatic carbocycles. The van der Waals surface area contributed by atoms with Gasteiger partial charge in [-0.2, -0.15) is 0 Å². The van der Waals surface area contributed by atoms with Gasteiger partial charge in [0.1, 0.15) is 12.4 Å². The molecule has 6 nitrogen and oxygen atoms in total. The monoisotopic (exact) mass is 385 g/mol. The average molecular weight is 385 g/mol. The minimum absolute atomic E-state index is 0.0953. The molecular weight excluding hydrogens is 366 g/mol. The van der Waals surface area contributed by atoms with Crippen molar-refractivity contribution < 1.29 is 14.3 Å². The van der Waals surface area contributed by atoms with Crippen LogP contribution in [0.3, 0.4) is 0 Å². The predicted molar refractivity (Wildman–Crippen MR) is 109 cm³/mol. The first kappa shape index (κ1) is 17.6. The number of carbonyl (C=O) groups is 2. The van der Waals surface area contributed by atoms with E-state index in [0.717, 1.165) is 16.6 Å². The zero-order valence-corrected chi connectivity index (χ0v) is 16.4. The number of aliphatic imine (C=N–C) groups is 1. The number of ketones is 1. The predicted octanol–water partition coefficient (Wildman–Crippen LogP) is 3.89. The van der Waals surface area contributed by atoms with Crippen LogP contribution in [0.2, 0.25) is 0 Å². The van der Waals surface area contributed by atoms with Crippen LogP contribution < -0.4 is 0 Å². The van der Waals surface area contributed by atoms with Crippen LogP contribution in [0, 0.1) is 12.3 Å². The molecule has 1 amide bonds. The van der Waals surface area contributed by atoms with E-state index < -0.39 is 5.41 Å². The summed E-state index contributed by atoms with van der Waals surface area (Å²) in [4.78, 5) is 37.8. The van der Waals surface area contributed by atoms with Gasteiger partial charge in [0, 0.05) is 16.7 Å². The van der Waals surface area contributed by atoms with Crippen molar-refractivity contribution in [3.05, 3.63) is 76.3 Å². The van der Waals surface area contributed by atoms with E-state index in [4.69, 9.17) is 4.74 Å². The molecule has 144 valence electrons. The van der Waals surface area contributed by atoms with Crippen LogP contribution in [-0.2, 0) is 16.1 Å². The summed E-state index contributed by atoms with van der Waals surface area (Å²) in [5.74, 6) is 0.289. The number of amides is 1. The summed E-state index contributed by atoms with van der Waals surface area (Å²) >= 11 is 0. The van der Waals surface area contributed by atoms with Gasteiger partial charge < -0.3 is 9.72 Å². The zero-order valence-electron chi connectivity index (χ0n) is 16.4. The Morgan fingerprint density at radius 2 is 1.83 bits per heavy atom. The number of aromatic amines is 1. The molecule has 6 heteroatoms. The van der Waals surface area contributed by atoms with Crippen LogP contribution in [0.1, 0.15) is 41.2 Å². The van der Waals surface area contributed by atoms with Crippen molar-refractivity contribution in [2.75, 3.05) is 0 Å². The second-order valence-electron chi connectivity index (χ2n) is 7.96. The standard InChI is InChI=1S/C23H19N3O3/c1-12-8-9-15-16(10-12)25-17(24-15)11-29-21-18-19(26-22(28)23(18,2)3)13-6-4-5-7-14(13)20(21)27/h4-10H,11H2,1-3H3,(H,24,25). The van der Waals surface area contributed by atoms with Crippen molar-refractivity contribution in [3.63, 3.8) is 0 Å². The van der Waals surface area contributed by atoms with Crippen LogP contribution >= 0.6 is 0 Å². The van der Waals surface area contributed by atoms with Crippen LogP contribution in [-0.4, -0.2) is 27.4 Å². The normalized spacial score (nSPS) is 17.4. The third kappa shape index (κ3) is 2.56. The number of imidazole rings is 1. The number of fused-ring (bicyclic) bond motifs is 4. The number of carbonyl (C=O) groups excluding carboxylic acids is 2. The summed E-state index contributed by atoms with van der Waals surface area (Å²) in [6.07, 6.45) is 0. The molecule has 1 aliphatic carbocycles. The number of H-pyrrole nitrogens is 1. The van der Waals surface area contributed by atoms with Crippen molar-refractivity contribution >= 4 is 28.4 Å². The van der Waals surface area contributed by atoms with Crippen molar-refractivity contribution in [1.82, 2.24) is 9.97 Å². The quantitative estimate of drug-likeness (QED) is 0.741. The van der Waals surface area contributed by atoms with E-state index in [-0.39, 0.29) is 24.1 Å². The second-order valence-corrected chi connectivity index (χ2v) is 7.96. The Balaban J connectivity index is 1.57. The Labute approximate surface area is 167 Å². The summed E-state index contributed by atoms with van der Waals surface area (Å²) in [5, 5.41) is 0. The maximum Gasteiger partial charge on any atom is 0.256 e. The summed E-state index contributed by atoms with van der Waals surface area (Å²) in [5.41, 5.74) is 4.23. The Morgan fingerprint density at radius 3 is 2.62 bits per heavy atom. The molecule has 29 heavy (non-hydrogen) atoms. The highest BCUT2D eigenvalue weighted by Gasteiger charge is 2.48. The molecule has 1 aromatic heterocycles. The molecule has 0 saturated carbocycles. The zero-order chi connectivity index (χ0) is 20.3. The summed E-state index contributed by atoms with van der Waals surface area (Å²) < 4.78 is 6.00. The highest BCUT2D eigenvalue weighted by Crippen LogP contribution is 2.43. The van der Waals surface area contributed by atoms with E-state index in [2.05, 4.69) is 15.0 Å². The number of nitrogens with one attached hydrogen (secondary N) is 1. The molecule has 2 heterocycles. The minimum Gasteiger partial charge on any atom is -0.481 e. The number of hydrogen-bond acceptors (Lipinski definition) is 4. The first-order valence-electron chi connectivity index (χ1n) is 9.46. The fourth-order valence-corrected chi connectivity index (χ4v) is 3.93.